The summed E-state index contributed by atoms with van der Waals surface area (Å²) in [7, 11) is 0. The van der Waals surface area contributed by atoms with Crippen LogP contribution in [0, 0.1) is 11.6 Å². The zero-order valence-electron chi connectivity index (χ0n) is 13.3. The molecule has 8 heteroatoms. The zero-order valence-corrected chi connectivity index (χ0v) is 14.1. The van der Waals surface area contributed by atoms with E-state index in [0.29, 0.717) is 18.7 Å². The van der Waals surface area contributed by atoms with E-state index >= 15 is 0 Å². The van der Waals surface area contributed by atoms with Gasteiger partial charge in [-0.3, -0.25) is 9.59 Å². The van der Waals surface area contributed by atoms with Gasteiger partial charge in [-0.15, -0.1) is 0 Å². The summed E-state index contributed by atoms with van der Waals surface area (Å²) in [6.07, 6.45) is 4.54. The third kappa shape index (κ3) is 5.31. The predicted molar refractivity (Wildman–Crippen MR) is 90.1 cm³/mol. The number of hydrogen-bond acceptors (Lipinski definition) is 4. The lowest BCUT2D eigenvalue weighted by molar-refractivity contribution is -0.133. The summed E-state index contributed by atoms with van der Waals surface area (Å²) in [5.41, 5.74) is 0.364. The van der Waals surface area contributed by atoms with Gasteiger partial charge in [-0.1, -0.05) is 18.0 Å². The lowest BCUT2D eigenvalue weighted by atomic mass is 10.2. The van der Waals surface area contributed by atoms with Crippen molar-refractivity contribution in [1.29, 1.82) is 0 Å². The van der Waals surface area contributed by atoms with E-state index in [1.54, 1.807) is 16.8 Å². The predicted octanol–water partition coefficient (Wildman–Crippen LogP) is 1.52. The molecule has 0 spiro atoms. The highest BCUT2D eigenvalue weighted by atomic mass is 32.2. The van der Waals surface area contributed by atoms with Crippen LogP contribution in [-0.4, -0.2) is 60.0 Å². The molecule has 0 atom stereocenters. The lowest BCUT2D eigenvalue weighted by Crippen LogP contribution is -2.49. The van der Waals surface area contributed by atoms with E-state index in [-0.39, 0.29) is 12.5 Å². The quantitative estimate of drug-likeness (QED) is 0.643. The molecule has 130 valence electrons. The molecule has 1 aromatic rings. The van der Waals surface area contributed by atoms with Crippen molar-refractivity contribution < 1.29 is 18.4 Å². The summed E-state index contributed by atoms with van der Waals surface area (Å²) in [4.78, 5) is 25.4. The second-order valence-electron chi connectivity index (χ2n) is 5.22. The summed E-state index contributed by atoms with van der Waals surface area (Å²) in [5.74, 6) is -2.51. The molecule has 0 radical (unpaired) electrons. The van der Waals surface area contributed by atoms with Crippen LogP contribution < -0.4 is 5.32 Å². The maximum atomic E-state index is 13.1. The number of carbonyl (C=O) groups excluding carboxylic acids is 2. The Hall–Kier alpha value is -1.93. The Kier molecular flexibility index (Phi) is 6.74. The summed E-state index contributed by atoms with van der Waals surface area (Å²) < 4.78 is 28.0. The fourth-order valence-corrected chi connectivity index (χ4v) is 2.77. The summed E-state index contributed by atoms with van der Waals surface area (Å²) in [6, 6.07) is 3.35. The number of nitrogens with zero attached hydrogens (tertiary/aromatic N) is 2. The van der Waals surface area contributed by atoms with Crippen LogP contribution >= 0.6 is 11.9 Å². The van der Waals surface area contributed by atoms with Gasteiger partial charge >= 0.3 is 0 Å². The number of nitrogens with one attached hydrogen (secondary N) is 1. The molecule has 0 aromatic heterocycles. The number of rotatable bonds is 5. The van der Waals surface area contributed by atoms with Gasteiger partial charge in [-0.2, -0.15) is 0 Å². The molecule has 0 saturated carbocycles. The second-order valence-corrected chi connectivity index (χ2v) is 6.10. The Morgan fingerprint density at radius 1 is 1.21 bits per heavy atom. The standard InChI is InChI=1S/C16H19F2N3O2S/c1-24-21-8-6-20(7-9-21)16(23)11-19-15(22)5-3-12-2-4-13(17)14(18)10-12/h2-5,10H,6-9,11H2,1H3,(H,19,22)/b5-3+. The number of halogens is 2. The molecule has 5 nitrogen and oxygen atoms in total. The van der Waals surface area contributed by atoms with Crippen LogP contribution in [0.2, 0.25) is 0 Å². The van der Waals surface area contributed by atoms with E-state index in [0.717, 1.165) is 25.2 Å². The van der Waals surface area contributed by atoms with Crippen LogP contribution in [0.25, 0.3) is 6.08 Å². The molecule has 0 aliphatic carbocycles. The molecule has 2 amide bonds. The first-order chi connectivity index (χ1) is 11.5. The van der Waals surface area contributed by atoms with Gasteiger partial charge in [0.2, 0.25) is 11.8 Å². The number of carbonyl (C=O) groups is 2. The van der Waals surface area contributed by atoms with E-state index in [2.05, 4.69) is 9.62 Å². The van der Waals surface area contributed by atoms with Crippen molar-refractivity contribution in [3.8, 4) is 0 Å². The molecule has 2 rings (SSSR count). The molecule has 24 heavy (non-hydrogen) atoms. The van der Waals surface area contributed by atoms with Crippen molar-refractivity contribution in [3.63, 3.8) is 0 Å². The maximum absolute atomic E-state index is 13.1. The van der Waals surface area contributed by atoms with Crippen molar-refractivity contribution in [2.45, 2.75) is 0 Å². The minimum absolute atomic E-state index is 0.0831. The van der Waals surface area contributed by atoms with Crippen molar-refractivity contribution >= 4 is 29.8 Å². The Morgan fingerprint density at radius 2 is 1.92 bits per heavy atom. The van der Waals surface area contributed by atoms with Crippen LogP contribution in [0.1, 0.15) is 5.56 Å². The Labute approximate surface area is 143 Å². The minimum Gasteiger partial charge on any atom is -0.343 e. The Balaban J connectivity index is 1.77. The first kappa shape index (κ1) is 18.4. The first-order valence-electron chi connectivity index (χ1n) is 7.47. The van der Waals surface area contributed by atoms with Crippen LogP contribution in [-0.2, 0) is 9.59 Å². The normalized spacial score (nSPS) is 15.7. The van der Waals surface area contributed by atoms with Gasteiger partial charge in [0.05, 0.1) is 6.54 Å². The molecular weight excluding hydrogens is 336 g/mol. The van der Waals surface area contributed by atoms with E-state index < -0.39 is 17.5 Å². The molecule has 1 N–H and O–H groups in total. The molecule has 1 aliphatic heterocycles. The first-order valence-corrected chi connectivity index (χ1v) is 8.65. The molecular formula is C16H19F2N3O2S. The van der Waals surface area contributed by atoms with Gasteiger partial charge < -0.3 is 10.2 Å². The summed E-state index contributed by atoms with van der Waals surface area (Å²) in [6.45, 7) is 2.80. The van der Waals surface area contributed by atoms with Crippen LogP contribution in [0.3, 0.4) is 0 Å². The average molecular weight is 355 g/mol. The zero-order chi connectivity index (χ0) is 17.5. The molecule has 1 heterocycles. The number of amides is 2. The lowest BCUT2D eigenvalue weighted by Gasteiger charge is -2.33. The highest BCUT2D eigenvalue weighted by Gasteiger charge is 2.20. The minimum atomic E-state index is -0.975. The highest BCUT2D eigenvalue weighted by molar-refractivity contribution is 7.96. The molecule has 1 fully saturated rings. The van der Waals surface area contributed by atoms with Gasteiger partial charge in [0, 0.05) is 32.3 Å². The van der Waals surface area contributed by atoms with Crippen LogP contribution in [0.5, 0.6) is 0 Å². The maximum Gasteiger partial charge on any atom is 0.244 e. The van der Waals surface area contributed by atoms with Crippen molar-refractivity contribution in [3.05, 3.63) is 41.5 Å². The average Bonchev–Trinajstić information content (AvgIpc) is 2.60. The smallest absolute Gasteiger partial charge is 0.244 e. The topological polar surface area (TPSA) is 52.6 Å². The Morgan fingerprint density at radius 3 is 2.54 bits per heavy atom. The van der Waals surface area contributed by atoms with Crippen LogP contribution in [0.4, 0.5) is 8.78 Å². The van der Waals surface area contributed by atoms with Gasteiger partial charge in [0.1, 0.15) is 0 Å². The van der Waals surface area contributed by atoms with Crippen molar-refractivity contribution in [2.24, 2.45) is 0 Å². The molecule has 1 saturated heterocycles. The monoisotopic (exact) mass is 355 g/mol. The van der Waals surface area contributed by atoms with Crippen molar-refractivity contribution in [1.82, 2.24) is 14.5 Å². The molecule has 0 bridgehead atoms. The highest BCUT2D eigenvalue weighted by Crippen LogP contribution is 2.10. The second kappa shape index (κ2) is 8.79. The fourth-order valence-electron chi connectivity index (χ4n) is 2.24. The van der Waals surface area contributed by atoms with E-state index in [9.17, 15) is 18.4 Å². The SMILES string of the molecule is CSN1CCN(C(=O)CNC(=O)/C=C/c2ccc(F)c(F)c2)CC1. The van der Waals surface area contributed by atoms with Gasteiger partial charge in [-0.25, -0.2) is 13.1 Å². The van der Waals surface area contributed by atoms with E-state index in [4.69, 9.17) is 0 Å². The summed E-state index contributed by atoms with van der Waals surface area (Å²) >= 11 is 1.65. The van der Waals surface area contributed by atoms with Gasteiger partial charge in [0.25, 0.3) is 0 Å². The number of benzene rings is 1. The summed E-state index contributed by atoms with van der Waals surface area (Å²) in [5, 5.41) is 2.50. The third-order valence-corrected chi connectivity index (χ3v) is 4.52. The molecule has 1 aliphatic rings. The van der Waals surface area contributed by atoms with E-state index in [1.165, 1.54) is 18.2 Å². The van der Waals surface area contributed by atoms with Gasteiger partial charge in [0.15, 0.2) is 11.6 Å². The van der Waals surface area contributed by atoms with Crippen LogP contribution in [0.15, 0.2) is 24.3 Å². The fraction of sp³-hybridized carbons (Fsp3) is 0.375. The van der Waals surface area contributed by atoms with Crippen molar-refractivity contribution in [2.75, 3.05) is 39.0 Å². The number of hydrogen-bond donors (Lipinski definition) is 1. The Bertz CT molecular complexity index is 632. The molecule has 0 unspecified atom stereocenters. The van der Waals surface area contributed by atoms with E-state index in [1.807, 2.05) is 6.26 Å². The molecule has 1 aromatic carbocycles. The largest absolute Gasteiger partial charge is 0.343 e. The number of piperazine rings is 1. The van der Waals surface area contributed by atoms with Gasteiger partial charge in [-0.05, 0) is 30.0 Å². The third-order valence-electron chi connectivity index (χ3n) is 3.63.